The summed E-state index contributed by atoms with van der Waals surface area (Å²) in [6.07, 6.45) is 1.97. The van der Waals surface area contributed by atoms with Gasteiger partial charge >= 0.3 is 5.92 Å². The lowest BCUT2D eigenvalue weighted by Gasteiger charge is -2.33. The van der Waals surface area contributed by atoms with Crippen LogP contribution in [0.4, 0.5) is 22.0 Å². The zero-order chi connectivity index (χ0) is 23.6. The van der Waals surface area contributed by atoms with Crippen LogP contribution in [0.15, 0.2) is 67.1 Å². The van der Waals surface area contributed by atoms with Crippen molar-refractivity contribution in [3.8, 4) is 11.8 Å². The van der Waals surface area contributed by atoms with Gasteiger partial charge in [0.1, 0.15) is 29.5 Å². The van der Waals surface area contributed by atoms with E-state index in [0.717, 1.165) is 24.7 Å². The number of halogens is 5. The second-order valence-electron chi connectivity index (χ2n) is 6.92. The van der Waals surface area contributed by atoms with Crippen molar-refractivity contribution >= 4 is 0 Å². The van der Waals surface area contributed by atoms with E-state index >= 15 is 8.78 Å². The minimum Gasteiger partial charge on any atom is -0.372 e. The summed E-state index contributed by atoms with van der Waals surface area (Å²) in [6.45, 7) is 0. The van der Waals surface area contributed by atoms with Crippen LogP contribution in [0.5, 0.6) is 0 Å². The van der Waals surface area contributed by atoms with E-state index in [4.69, 9.17) is 0 Å². The predicted octanol–water partition coefficient (Wildman–Crippen LogP) is 4.04. The van der Waals surface area contributed by atoms with Crippen molar-refractivity contribution in [3.63, 3.8) is 0 Å². The van der Waals surface area contributed by atoms with Crippen molar-refractivity contribution in [3.05, 3.63) is 113 Å². The third-order valence-electron chi connectivity index (χ3n) is 4.79. The maximum Gasteiger partial charge on any atom is 0.329 e. The number of nitrogens with zero attached hydrogens (tertiary/aromatic N) is 3. The van der Waals surface area contributed by atoms with Crippen LogP contribution in [-0.4, -0.2) is 25.3 Å². The van der Waals surface area contributed by atoms with Gasteiger partial charge in [0.05, 0.1) is 0 Å². The van der Waals surface area contributed by atoms with Gasteiger partial charge in [-0.05, 0) is 48.5 Å². The SMILES string of the molecule is OC(c1nc[nH]n1)(c1ccc(F)cc1F)C(F)(F)c1ccc(C#Cc2ccc(F)cc2)cn1. The molecule has 2 aromatic carbocycles. The lowest BCUT2D eigenvalue weighted by molar-refractivity contribution is -0.179. The van der Waals surface area contributed by atoms with Gasteiger partial charge in [-0.1, -0.05) is 11.8 Å². The topological polar surface area (TPSA) is 74.7 Å². The molecule has 33 heavy (non-hydrogen) atoms. The van der Waals surface area contributed by atoms with Crippen molar-refractivity contribution < 1.29 is 27.1 Å². The molecule has 0 amide bonds. The average Bonchev–Trinajstić information content (AvgIpc) is 3.34. The molecule has 5 nitrogen and oxygen atoms in total. The van der Waals surface area contributed by atoms with Crippen molar-refractivity contribution in [1.29, 1.82) is 0 Å². The Hall–Kier alpha value is -4.10. The van der Waals surface area contributed by atoms with Crippen molar-refractivity contribution in [1.82, 2.24) is 20.2 Å². The predicted molar refractivity (Wildman–Crippen MR) is 106 cm³/mol. The Morgan fingerprint density at radius 3 is 2.09 bits per heavy atom. The van der Waals surface area contributed by atoms with Gasteiger partial charge in [0.15, 0.2) is 5.82 Å². The molecular formula is C23H13F5N4O. The number of hydrogen-bond donors (Lipinski definition) is 2. The highest BCUT2D eigenvalue weighted by atomic mass is 19.3. The summed E-state index contributed by atoms with van der Waals surface area (Å²) >= 11 is 0. The van der Waals surface area contributed by atoms with Crippen LogP contribution in [0.3, 0.4) is 0 Å². The first-order valence-electron chi connectivity index (χ1n) is 9.38. The number of H-pyrrole nitrogens is 1. The summed E-state index contributed by atoms with van der Waals surface area (Å²) < 4.78 is 72.0. The lowest BCUT2D eigenvalue weighted by atomic mass is 9.84. The minimum atomic E-state index is -4.24. The zero-order valence-corrected chi connectivity index (χ0v) is 16.5. The second-order valence-corrected chi connectivity index (χ2v) is 6.92. The Labute approximate surface area is 184 Å². The molecule has 4 aromatic rings. The van der Waals surface area contributed by atoms with E-state index in [1.165, 1.54) is 30.3 Å². The number of rotatable bonds is 4. The Kier molecular flexibility index (Phi) is 5.66. The van der Waals surface area contributed by atoms with Crippen molar-refractivity contribution in [2.24, 2.45) is 0 Å². The monoisotopic (exact) mass is 456 g/mol. The van der Waals surface area contributed by atoms with Crippen LogP contribution in [0, 0.1) is 29.3 Å². The van der Waals surface area contributed by atoms with E-state index < -0.39 is 46.1 Å². The molecule has 4 rings (SSSR count). The second kappa shape index (κ2) is 8.44. The Morgan fingerprint density at radius 2 is 1.48 bits per heavy atom. The highest BCUT2D eigenvalue weighted by Gasteiger charge is 2.61. The summed E-state index contributed by atoms with van der Waals surface area (Å²) in [4.78, 5) is 7.26. The number of hydrogen-bond acceptors (Lipinski definition) is 4. The molecule has 1 unspecified atom stereocenters. The summed E-state index contributed by atoms with van der Waals surface area (Å²) in [5.41, 5.74) is -4.51. The number of aromatic amines is 1. The molecule has 0 saturated heterocycles. The Bertz CT molecular complexity index is 1330. The van der Waals surface area contributed by atoms with E-state index in [0.29, 0.717) is 17.7 Å². The molecule has 0 radical (unpaired) electrons. The van der Waals surface area contributed by atoms with Crippen molar-refractivity contribution in [2.45, 2.75) is 11.5 Å². The number of aromatic nitrogens is 4. The lowest BCUT2D eigenvalue weighted by Crippen LogP contribution is -2.46. The van der Waals surface area contributed by atoms with E-state index in [9.17, 15) is 18.3 Å². The molecule has 166 valence electrons. The first-order valence-corrected chi connectivity index (χ1v) is 9.38. The van der Waals surface area contributed by atoms with E-state index in [1.54, 1.807) is 0 Å². The normalized spacial score (nSPS) is 13.2. The number of aliphatic hydroxyl groups is 1. The maximum absolute atomic E-state index is 15.6. The fourth-order valence-electron chi connectivity index (χ4n) is 3.11. The molecule has 2 aromatic heterocycles. The molecule has 0 aliphatic heterocycles. The summed E-state index contributed by atoms with van der Waals surface area (Å²) in [5.74, 6) is -2.49. The Balaban J connectivity index is 1.74. The molecule has 0 aliphatic carbocycles. The number of nitrogens with one attached hydrogen (secondary N) is 1. The molecule has 0 fully saturated rings. The molecule has 2 heterocycles. The molecular weight excluding hydrogens is 443 g/mol. The van der Waals surface area contributed by atoms with Crippen LogP contribution in [-0.2, 0) is 11.5 Å². The van der Waals surface area contributed by atoms with Gasteiger partial charge in [-0.25, -0.2) is 18.2 Å². The van der Waals surface area contributed by atoms with Gasteiger partial charge in [-0.2, -0.15) is 13.9 Å². The van der Waals surface area contributed by atoms with E-state index in [-0.39, 0.29) is 5.56 Å². The Morgan fingerprint density at radius 1 is 0.818 bits per heavy atom. The van der Waals surface area contributed by atoms with E-state index in [2.05, 4.69) is 32.0 Å². The van der Waals surface area contributed by atoms with Crippen LogP contribution < -0.4 is 0 Å². The zero-order valence-electron chi connectivity index (χ0n) is 16.5. The largest absolute Gasteiger partial charge is 0.372 e. The average molecular weight is 456 g/mol. The van der Waals surface area contributed by atoms with Gasteiger partial charge in [-0.3, -0.25) is 10.1 Å². The maximum atomic E-state index is 15.6. The van der Waals surface area contributed by atoms with Gasteiger partial charge < -0.3 is 5.11 Å². The molecule has 0 aliphatic rings. The molecule has 1 atom stereocenters. The van der Waals surface area contributed by atoms with Crippen LogP contribution in [0.1, 0.15) is 28.2 Å². The molecule has 10 heteroatoms. The molecule has 0 spiro atoms. The van der Waals surface area contributed by atoms with Crippen molar-refractivity contribution in [2.75, 3.05) is 0 Å². The highest BCUT2D eigenvalue weighted by Crippen LogP contribution is 2.48. The van der Waals surface area contributed by atoms with Gasteiger partial charge in [0, 0.05) is 29.0 Å². The fourth-order valence-corrected chi connectivity index (χ4v) is 3.11. The molecule has 2 N–H and O–H groups in total. The molecule has 0 saturated carbocycles. The highest BCUT2D eigenvalue weighted by molar-refractivity contribution is 5.43. The first kappa shape index (κ1) is 22.1. The smallest absolute Gasteiger partial charge is 0.329 e. The quantitative estimate of drug-likeness (QED) is 0.359. The third kappa shape index (κ3) is 4.06. The number of alkyl halides is 2. The number of pyridine rings is 1. The summed E-state index contributed by atoms with van der Waals surface area (Å²) in [5, 5.41) is 16.8. The van der Waals surface area contributed by atoms with Gasteiger partial charge in [0.2, 0.25) is 5.60 Å². The van der Waals surface area contributed by atoms with Gasteiger partial charge in [-0.15, -0.1) is 0 Å². The van der Waals surface area contributed by atoms with Crippen LogP contribution >= 0.6 is 0 Å². The standard InChI is InChI=1S/C23H13F5N4O/c24-16-6-3-14(4-7-16)1-2-15-5-10-20(29-12-15)23(27,28)22(33,21-30-13-31-32-21)18-9-8-17(25)11-19(18)26/h3-13,33H,(H,30,31,32). The van der Waals surface area contributed by atoms with Crippen LogP contribution in [0.2, 0.25) is 0 Å². The number of benzene rings is 2. The van der Waals surface area contributed by atoms with Crippen LogP contribution in [0.25, 0.3) is 0 Å². The van der Waals surface area contributed by atoms with E-state index in [1.807, 2.05) is 0 Å². The molecule has 0 bridgehead atoms. The summed E-state index contributed by atoms with van der Waals surface area (Å²) in [6, 6.07) is 9.28. The first-order chi connectivity index (χ1) is 15.7. The third-order valence-corrected chi connectivity index (χ3v) is 4.79. The summed E-state index contributed by atoms with van der Waals surface area (Å²) in [7, 11) is 0. The minimum absolute atomic E-state index is 0.258. The van der Waals surface area contributed by atoms with Gasteiger partial charge in [0.25, 0.3) is 0 Å². The fraction of sp³-hybridized carbons (Fsp3) is 0.0870.